The van der Waals surface area contributed by atoms with Gasteiger partial charge in [0.2, 0.25) is 11.8 Å². The molecule has 1 aromatic rings. The molecule has 1 fully saturated rings. The molecular weight excluding hydrogens is 300 g/mol. The summed E-state index contributed by atoms with van der Waals surface area (Å²) in [5.74, 6) is -0.445. The second kappa shape index (κ2) is 7.82. The van der Waals surface area contributed by atoms with Gasteiger partial charge in [0.15, 0.2) is 0 Å². The van der Waals surface area contributed by atoms with Gasteiger partial charge < -0.3 is 10.6 Å². The van der Waals surface area contributed by atoms with Crippen LogP contribution in [0.1, 0.15) is 63.5 Å². The number of anilines is 1. The Balaban J connectivity index is 2.03. The van der Waals surface area contributed by atoms with Crippen molar-refractivity contribution >= 4 is 17.5 Å². The summed E-state index contributed by atoms with van der Waals surface area (Å²) in [4.78, 5) is 25.3. The maximum atomic E-state index is 12.7. The summed E-state index contributed by atoms with van der Waals surface area (Å²) in [5, 5.41) is 6.01. The molecule has 0 radical (unpaired) electrons. The molecule has 24 heavy (non-hydrogen) atoms. The number of hydrogen-bond acceptors (Lipinski definition) is 2. The number of amides is 2. The van der Waals surface area contributed by atoms with Crippen molar-refractivity contribution in [3.8, 4) is 0 Å². The number of nitrogens with one attached hydrogen (secondary N) is 2. The third kappa shape index (κ3) is 4.59. The number of carbonyl (C=O) groups excluding carboxylic acids is 2. The van der Waals surface area contributed by atoms with Crippen LogP contribution in [0, 0.1) is 19.3 Å². The zero-order chi connectivity index (χ0) is 17.7. The van der Waals surface area contributed by atoms with E-state index in [2.05, 4.69) is 10.6 Å². The van der Waals surface area contributed by atoms with Crippen LogP contribution in [0.15, 0.2) is 18.2 Å². The molecule has 0 aromatic heterocycles. The molecule has 1 aromatic carbocycles. The van der Waals surface area contributed by atoms with E-state index in [4.69, 9.17) is 0 Å². The Bertz CT molecular complexity index is 600. The van der Waals surface area contributed by atoms with Crippen molar-refractivity contribution in [2.24, 2.45) is 5.41 Å². The third-order valence-electron chi connectivity index (χ3n) is 4.97. The monoisotopic (exact) mass is 330 g/mol. The summed E-state index contributed by atoms with van der Waals surface area (Å²) in [6, 6.07) is 6.12. The average molecular weight is 330 g/mol. The van der Waals surface area contributed by atoms with Gasteiger partial charge in [0.25, 0.3) is 0 Å². The van der Waals surface area contributed by atoms with Gasteiger partial charge in [0.05, 0.1) is 0 Å². The zero-order valence-electron chi connectivity index (χ0n) is 15.4. The van der Waals surface area contributed by atoms with E-state index in [-0.39, 0.29) is 17.9 Å². The van der Waals surface area contributed by atoms with Crippen LogP contribution in [0.2, 0.25) is 0 Å². The first-order chi connectivity index (χ1) is 11.3. The molecule has 1 saturated carbocycles. The summed E-state index contributed by atoms with van der Waals surface area (Å²) in [6.45, 7) is 7.33. The maximum absolute atomic E-state index is 12.7. The minimum Gasteiger partial charge on any atom is -0.352 e. The number of rotatable bonds is 4. The second-order valence-corrected chi connectivity index (χ2v) is 7.56. The topological polar surface area (TPSA) is 58.2 Å². The molecule has 0 unspecified atom stereocenters. The van der Waals surface area contributed by atoms with Crippen molar-refractivity contribution in [2.45, 2.75) is 72.3 Å². The second-order valence-electron chi connectivity index (χ2n) is 7.56. The molecule has 0 atom stereocenters. The van der Waals surface area contributed by atoms with Crippen molar-refractivity contribution < 1.29 is 9.59 Å². The van der Waals surface area contributed by atoms with Gasteiger partial charge in [-0.2, -0.15) is 0 Å². The van der Waals surface area contributed by atoms with E-state index in [1.54, 1.807) is 13.8 Å². The van der Waals surface area contributed by atoms with Crippen LogP contribution in [0.3, 0.4) is 0 Å². The van der Waals surface area contributed by atoms with Crippen LogP contribution in [-0.2, 0) is 9.59 Å². The average Bonchev–Trinajstić information content (AvgIpc) is 2.79. The van der Waals surface area contributed by atoms with Gasteiger partial charge in [0, 0.05) is 11.7 Å². The molecule has 0 saturated heterocycles. The number of aryl methyl sites for hydroxylation is 2. The van der Waals surface area contributed by atoms with Gasteiger partial charge in [-0.1, -0.05) is 37.8 Å². The fourth-order valence-corrected chi connectivity index (χ4v) is 3.04. The fourth-order valence-electron chi connectivity index (χ4n) is 3.04. The van der Waals surface area contributed by atoms with Gasteiger partial charge in [-0.3, -0.25) is 9.59 Å². The van der Waals surface area contributed by atoms with Crippen LogP contribution in [0.5, 0.6) is 0 Å². The standard InChI is InChI=1S/C20H30N2O2/c1-14-11-12-15(2)17(13-14)22-19(24)20(3,4)18(23)21-16-9-7-5-6-8-10-16/h11-13,16H,5-10H2,1-4H3,(H,21,23)(H,22,24). The van der Waals surface area contributed by atoms with Gasteiger partial charge in [-0.25, -0.2) is 0 Å². The van der Waals surface area contributed by atoms with Crippen LogP contribution >= 0.6 is 0 Å². The number of carbonyl (C=O) groups is 2. The summed E-state index contributed by atoms with van der Waals surface area (Å²) < 4.78 is 0. The smallest absolute Gasteiger partial charge is 0.239 e. The third-order valence-corrected chi connectivity index (χ3v) is 4.97. The first-order valence-electron chi connectivity index (χ1n) is 9.00. The molecule has 2 N–H and O–H groups in total. The van der Waals surface area contributed by atoms with E-state index in [1.807, 2.05) is 32.0 Å². The first-order valence-corrected chi connectivity index (χ1v) is 9.00. The lowest BCUT2D eigenvalue weighted by molar-refractivity contribution is -0.138. The van der Waals surface area contributed by atoms with E-state index in [9.17, 15) is 9.59 Å². The summed E-state index contributed by atoms with van der Waals surface area (Å²) >= 11 is 0. The highest BCUT2D eigenvalue weighted by Gasteiger charge is 2.37. The quantitative estimate of drug-likeness (QED) is 0.645. The van der Waals surface area contributed by atoms with Gasteiger partial charge in [0.1, 0.15) is 5.41 Å². The number of benzene rings is 1. The highest BCUT2D eigenvalue weighted by atomic mass is 16.2. The van der Waals surface area contributed by atoms with Crippen LogP contribution in [0.4, 0.5) is 5.69 Å². The maximum Gasteiger partial charge on any atom is 0.239 e. The molecule has 0 bridgehead atoms. The van der Waals surface area contributed by atoms with Crippen molar-refractivity contribution in [3.05, 3.63) is 29.3 Å². The Kier molecular flexibility index (Phi) is 6.03. The summed E-state index contributed by atoms with van der Waals surface area (Å²) in [5.41, 5.74) is 1.75. The van der Waals surface area contributed by atoms with Crippen LogP contribution < -0.4 is 10.6 Å². The van der Waals surface area contributed by atoms with Gasteiger partial charge in [-0.15, -0.1) is 0 Å². The van der Waals surface area contributed by atoms with E-state index in [0.717, 1.165) is 42.5 Å². The molecule has 0 aliphatic heterocycles. The Morgan fingerprint density at radius 3 is 2.25 bits per heavy atom. The van der Waals surface area contributed by atoms with E-state index in [0.29, 0.717) is 0 Å². The zero-order valence-corrected chi connectivity index (χ0v) is 15.4. The minimum absolute atomic E-state index is 0.183. The van der Waals surface area contributed by atoms with E-state index in [1.165, 1.54) is 12.8 Å². The molecule has 0 heterocycles. The predicted molar refractivity (Wildman–Crippen MR) is 98.0 cm³/mol. The Morgan fingerprint density at radius 2 is 1.62 bits per heavy atom. The van der Waals surface area contributed by atoms with Crippen molar-refractivity contribution in [3.63, 3.8) is 0 Å². The first kappa shape index (κ1) is 18.5. The van der Waals surface area contributed by atoms with E-state index >= 15 is 0 Å². The molecule has 132 valence electrons. The fraction of sp³-hybridized carbons (Fsp3) is 0.600. The minimum atomic E-state index is -1.09. The molecule has 2 amide bonds. The molecular formula is C20H30N2O2. The van der Waals surface area contributed by atoms with Crippen molar-refractivity contribution in [1.29, 1.82) is 0 Å². The lowest BCUT2D eigenvalue weighted by atomic mass is 9.90. The lowest BCUT2D eigenvalue weighted by Crippen LogP contribution is -2.48. The lowest BCUT2D eigenvalue weighted by Gasteiger charge is -2.26. The number of hydrogen-bond donors (Lipinski definition) is 2. The molecule has 0 spiro atoms. The summed E-state index contributed by atoms with van der Waals surface area (Å²) in [6.07, 6.45) is 6.81. The van der Waals surface area contributed by atoms with Crippen molar-refractivity contribution in [1.82, 2.24) is 5.32 Å². The van der Waals surface area contributed by atoms with Crippen LogP contribution in [-0.4, -0.2) is 17.9 Å². The highest BCUT2D eigenvalue weighted by molar-refractivity contribution is 6.10. The molecule has 4 nitrogen and oxygen atoms in total. The van der Waals surface area contributed by atoms with E-state index < -0.39 is 5.41 Å². The Hall–Kier alpha value is -1.84. The van der Waals surface area contributed by atoms with Gasteiger partial charge >= 0.3 is 0 Å². The van der Waals surface area contributed by atoms with Crippen molar-refractivity contribution in [2.75, 3.05) is 5.32 Å². The molecule has 1 aliphatic rings. The SMILES string of the molecule is Cc1ccc(C)c(NC(=O)C(C)(C)C(=O)NC2CCCCCC2)c1. The molecule has 4 heteroatoms. The molecule has 1 aliphatic carbocycles. The predicted octanol–water partition coefficient (Wildman–Crippen LogP) is 4.11. The highest BCUT2D eigenvalue weighted by Crippen LogP contribution is 2.24. The Labute approximate surface area is 145 Å². The summed E-state index contributed by atoms with van der Waals surface area (Å²) in [7, 11) is 0. The Morgan fingerprint density at radius 1 is 1.00 bits per heavy atom. The molecule has 2 rings (SSSR count). The van der Waals surface area contributed by atoms with Crippen LogP contribution in [0.25, 0.3) is 0 Å². The largest absolute Gasteiger partial charge is 0.352 e. The normalized spacial score (nSPS) is 16.3. The van der Waals surface area contributed by atoms with Gasteiger partial charge in [-0.05, 0) is 57.7 Å².